The molecule has 3 rings (SSSR count). The maximum absolute atomic E-state index is 12.3. The van der Waals surface area contributed by atoms with E-state index in [1.54, 1.807) is 4.90 Å². The van der Waals surface area contributed by atoms with Crippen LogP contribution in [0.1, 0.15) is 16.7 Å². The molecule has 28 heavy (non-hydrogen) atoms. The van der Waals surface area contributed by atoms with Crippen molar-refractivity contribution in [2.24, 2.45) is 4.40 Å². The molecule has 2 aliphatic rings. The number of fused-ring (bicyclic) bond motifs is 1. The molecular formula is C19H22N4O4S. The van der Waals surface area contributed by atoms with E-state index in [1.165, 1.54) is 18.4 Å². The molecular weight excluding hydrogens is 380 g/mol. The molecule has 0 aromatic heterocycles. The predicted molar refractivity (Wildman–Crippen MR) is 107 cm³/mol. The summed E-state index contributed by atoms with van der Waals surface area (Å²) in [6, 6.07) is 3.97. The van der Waals surface area contributed by atoms with Crippen molar-refractivity contribution < 1.29 is 18.0 Å². The molecule has 1 aromatic carbocycles. The van der Waals surface area contributed by atoms with Crippen LogP contribution in [0.2, 0.25) is 0 Å². The fourth-order valence-electron chi connectivity index (χ4n) is 3.16. The average Bonchev–Trinajstić information content (AvgIpc) is 2.61. The Morgan fingerprint density at radius 2 is 1.82 bits per heavy atom. The second kappa shape index (κ2) is 7.59. The first-order chi connectivity index (χ1) is 13.1. The van der Waals surface area contributed by atoms with Gasteiger partial charge in [-0.1, -0.05) is 17.7 Å². The van der Waals surface area contributed by atoms with Gasteiger partial charge in [0.1, 0.15) is 5.84 Å². The fraction of sp³-hybridized carbons (Fsp3) is 0.316. The van der Waals surface area contributed by atoms with Crippen LogP contribution in [-0.4, -0.2) is 49.8 Å². The topological polar surface area (TPSA) is 108 Å². The van der Waals surface area contributed by atoms with Crippen molar-refractivity contribution in [2.75, 3.05) is 24.2 Å². The highest BCUT2D eigenvalue weighted by molar-refractivity contribution is 7.90. The predicted octanol–water partition coefficient (Wildman–Crippen LogP) is 1.16. The first kappa shape index (κ1) is 19.8. The number of hydrogen-bond acceptors (Lipinski definition) is 5. The molecule has 0 atom stereocenters. The number of amidine groups is 1. The van der Waals surface area contributed by atoms with Crippen molar-refractivity contribution in [2.45, 2.75) is 20.8 Å². The number of carbonyl (C=O) groups excluding carboxylic acids is 2. The molecule has 0 fully saturated rings. The summed E-state index contributed by atoms with van der Waals surface area (Å²) in [5, 5.41) is 5.41. The Labute approximate surface area is 164 Å². The Balaban J connectivity index is 1.60. The van der Waals surface area contributed by atoms with Gasteiger partial charge in [0.15, 0.2) is 0 Å². The number of nitrogens with zero attached hydrogens (tertiary/aromatic N) is 2. The Kier molecular flexibility index (Phi) is 5.37. The van der Waals surface area contributed by atoms with Gasteiger partial charge in [-0.3, -0.25) is 9.59 Å². The van der Waals surface area contributed by atoms with Crippen LogP contribution < -0.4 is 10.6 Å². The van der Waals surface area contributed by atoms with Crippen LogP contribution in [0.4, 0.5) is 5.69 Å². The van der Waals surface area contributed by atoms with Crippen LogP contribution in [0.15, 0.2) is 40.5 Å². The maximum atomic E-state index is 12.3. The molecule has 148 valence electrons. The van der Waals surface area contributed by atoms with Crippen molar-refractivity contribution in [1.82, 2.24) is 10.2 Å². The number of rotatable bonds is 4. The molecule has 0 radical (unpaired) electrons. The monoisotopic (exact) mass is 402 g/mol. The quantitative estimate of drug-likeness (QED) is 0.786. The molecule has 8 nitrogen and oxygen atoms in total. The van der Waals surface area contributed by atoms with E-state index in [2.05, 4.69) is 15.0 Å². The van der Waals surface area contributed by atoms with E-state index in [9.17, 15) is 18.0 Å². The highest BCUT2D eigenvalue weighted by Gasteiger charge is 2.25. The lowest BCUT2D eigenvalue weighted by Gasteiger charge is -2.26. The molecule has 0 bridgehead atoms. The zero-order valence-electron chi connectivity index (χ0n) is 15.9. The Morgan fingerprint density at radius 3 is 2.50 bits per heavy atom. The average molecular weight is 402 g/mol. The lowest BCUT2D eigenvalue weighted by atomic mass is 10.1. The molecule has 2 heterocycles. The minimum atomic E-state index is -3.44. The summed E-state index contributed by atoms with van der Waals surface area (Å²) in [5.74, 6) is -0.565. The molecule has 0 spiro atoms. The Hall–Kier alpha value is -2.94. The van der Waals surface area contributed by atoms with Crippen molar-refractivity contribution in [3.05, 3.63) is 52.7 Å². The van der Waals surface area contributed by atoms with Gasteiger partial charge in [0.25, 0.3) is 15.9 Å². The third-order valence-electron chi connectivity index (χ3n) is 4.44. The third kappa shape index (κ3) is 4.48. The zero-order valence-corrected chi connectivity index (χ0v) is 16.8. The lowest BCUT2D eigenvalue weighted by Crippen LogP contribution is -2.39. The van der Waals surface area contributed by atoms with Crippen LogP contribution in [0.25, 0.3) is 0 Å². The van der Waals surface area contributed by atoms with E-state index in [0.717, 1.165) is 22.4 Å². The maximum Gasteiger partial charge on any atom is 0.256 e. The number of sulfonamides is 1. The van der Waals surface area contributed by atoms with Gasteiger partial charge in [-0.2, -0.15) is 0 Å². The van der Waals surface area contributed by atoms with E-state index in [1.807, 2.05) is 32.9 Å². The summed E-state index contributed by atoms with van der Waals surface area (Å²) in [7, 11) is -3.44. The Bertz CT molecular complexity index is 1020. The molecule has 2 N–H and O–H groups in total. The lowest BCUT2D eigenvalue weighted by molar-refractivity contribution is -0.121. The van der Waals surface area contributed by atoms with Crippen molar-refractivity contribution in [3.8, 4) is 0 Å². The summed E-state index contributed by atoms with van der Waals surface area (Å²) >= 11 is 0. The summed E-state index contributed by atoms with van der Waals surface area (Å²) in [6.07, 6.45) is 4.50. The van der Waals surface area contributed by atoms with Crippen LogP contribution >= 0.6 is 0 Å². The first-order valence-electron chi connectivity index (χ1n) is 8.80. The van der Waals surface area contributed by atoms with Crippen LogP contribution in [0, 0.1) is 20.8 Å². The Morgan fingerprint density at radius 1 is 1.14 bits per heavy atom. The molecule has 0 unspecified atom stereocenters. The standard InChI is InChI=1S/C19H22N4O4S/c1-12-8-13(2)18(14(3)9-12)21-17(24)10-20-19(25)15-4-5-16-22-28(26,27)7-6-23(16)11-15/h4-5,8-9,11H,6-7,10H2,1-3H3,(H,20,25)(H,21,24). The highest BCUT2D eigenvalue weighted by Crippen LogP contribution is 2.21. The molecule has 1 aromatic rings. The SMILES string of the molecule is Cc1cc(C)c(NC(=O)CNC(=O)C2=CN3CCS(=O)(=O)N=C3C=C2)c(C)c1. The van der Waals surface area contributed by atoms with Gasteiger partial charge in [-0.15, -0.1) is 4.40 Å². The van der Waals surface area contributed by atoms with Crippen molar-refractivity contribution >= 4 is 33.4 Å². The smallest absolute Gasteiger partial charge is 0.256 e. The first-order valence-corrected chi connectivity index (χ1v) is 10.4. The number of anilines is 1. The molecule has 0 aliphatic carbocycles. The zero-order chi connectivity index (χ0) is 20.5. The normalized spacial score (nSPS) is 17.3. The minimum Gasteiger partial charge on any atom is -0.343 e. The van der Waals surface area contributed by atoms with Crippen LogP contribution in [0.3, 0.4) is 0 Å². The van der Waals surface area contributed by atoms with E-state index in [4.69, 9.17) is 0 Å². The second-order valence-corrected chi connectivity index (χ2v) is 8.61. The van der Waals surface area contributed by atoms with Gasteiger partial charge in [-0.05, 0) is 44.1 Å². The number of hydrogen-bond donors (Lipinski definition) is 2. The van der Waals surface area contributed by atoms with Gasteiger partial charge in [0.05, 0.1) is 17.9 Å². The summed E-state index contributed by atoms with van der Waals surface area (Å²) in [4.78, 5) is 26.2. The van der Waals surface area contributed by atoms with E-state index in [0.29, 0.717) is 5.57 Å². The number of aryl methyl sites for hydroxylation is 3. The van der Waals surface area contributed by atoms with E-state index >= 15 is 0 Å². The van der Waals surface area contributed by atoms with Crippen molar-refractivity contribution in [1.29, 1.82) is 0 Å². The molecule has 0 saturated carbocycles. The van der Waals surface area contributed by atoms with E-state index in [-0.39, 0.29) is 30.6 Å². The molecule has 0 saturated heterocycles. The largest absolute Gasteiger partial charge is 0.343 e. The van der Waals surface area contributed by atoms with Gasteiger partial charge in [-0.25, -0.2) is 8.42 Å². The van der Waals surface area contributed by atoms with Gasteiger partial charge in [0, 0.05) is 18.4 Å². The molecule has 2 aliphatic heterocycles. The number of benzene rings is 1. The minimum absolute atomic E-state index is 0.104. The van der Waals surface area contributed by atoms with Gasteiger partial charge >= 0.3 is 0 Å². The summed E-state index contributed by atoms with van der Waals surface area (Å²) < 4.78 is 26.7. The summed E-state index contributed by atoms with van der Waals surface area (Å²) in [5.41, 5.74) is 4.11. The fourth-order valence-corrected chi connectivity index (χ4v) is 4.13. The second-order valence-electron chi connectivity index (χ2n) is 6.85. The number of amides is 2. The van der Waals surface area contributed by atoms with Crippen molar-refractivity contribution in [3.63, 3.8) is 0 Å². The number of carbonyl (C=O) groups is 2. The van der Waals surface area contributed by atoms with Crippen LogP contribution in [0.5, 0.6) is 0 Å². The number of nitrogens with one attached hydrogen (secondary N) is 2. The molecule has 9 heteroatoms. The van der Waals surface area contributed by atoms with Gasteiger partial charge < -0.3 is 15.5 Å². The third-order valence-corrected chi connectivity index (χ3v) is 5.60. The van der Waals surface area contributed by atoms with Crippen LogP contribution in [-0.2, 0) is 19.6 Å². The van der Waals surface area contributed by atoms with Gasteiger partial charge in [0.2, 0.25) is 5.91 Å². The highest BCUT2D eigenvalue weighted by atomic mass is 32.2. The molecule has 2 amide bonds. The van der Waals surface area contributed by atoms with E-state index < -0.39 is 15.9 Å². The summed E-state index contributed by atoms with van der Waals surface area (Å²) in [6.45, 7) is 5.89.